The molecular weight excluding hydrogens is 295 g/mol. The fraction of sp³-hybridized carbons (Fsp3) is 0.333. The number of nitrogens with one attached hydrogen (secondary N) is 1. The zero-order valence-corrected chi connectivity index (χ0v) is 13.8. The molecule has 122 valence electrons. The van der Waals surface area contributed by atoms with E-state index in [0.717, 1.165) is 5.56 Å². The van der Waals surface area contributed by atoms with E-state index in [-0.39, 0.29) is 36.1 Å². The molecule has 8 heteroatoms. The van der Waals surface area contributed by atoms with Crippen LogP contribution in [0.15, 0.2) is 24.3 Å². The van der Waals surface area contributed by atoms with Gasteiger partial charge < -0.3 is 26.6 Å². The Morgan fingerprint density at radius 2 is 1.91 bits per heavy atom. The van der Waals surface area contributed by atoms with Crippen molar-refractivity contribution in [2.24, 2.45) is 0 Å². The summed E-state index contributed by atoms with van der Waals surface area (Å²) in [5, 5.41) is 12.8. The Balaban J connectivity index is 0. The summed E-state index contributed by atoms with van der Waals surface area (Å²) < 4.78 is 4.42. The number of benzene rings is 1. The van der Waals surface area contributed by atoms with Gasteiger partial charge in [0.1, 0.15) is 0 Å². The smallest absolute Gasteiger partial charge is 0.649 e. The largest absolute Gasteiger partial charge is 1.00 e. The number of carbonyl (C=O) groups excluding carboxylic acids is 2. The van der Waals surface area contributed by atoms with Crippen LogP contribution in [0.1, 0.15) is 26.3 Å². The van der Waals surface area contributed by atoms with Crippen LogP contribution >= 0.6 is 0 Å². The molecule has 0 bridgehead atoms. The van der Waals surface area contributed by atoms with E-state index in [9.17, 15) is 19.7 Å². The third-order valence-electron chi connectivity index (χ3n) is 2.09. The van der Waals surface area contributed by atoms with Crippen LogP contribution in [0, 0.1) is 23.5 Å². The van der Waals surface area contributed by atoms with Gasteiger partial charge in [0.2, 0.25) is 5.69 Å². The number of non-ortho nitro benzene ring substituents is 1. The van der Waals surface area contributed by atoms with Crippen molar-refractivity contribution in [3.8, 4) is 0 Å². The molecule has 0 heterocycles. The Labute approximate surface area is 148 Å². The number of nitro benzene ring substituents is 1. The maximum atomic E-state index is 10.4. The van der Waals surface area contributed by atoms with Gasteiger partial charge in [0.05, 0.1) is 16.4 Å². The normalized spacial score (nSPS) is 9.35. The van der Waals surface area contributed by atoms with Crippen LogP contribution < -0.4 is 24.2 Å². The van der Waals surface area contributed by atoms with Crippen molar-refractivity contribution in [3.05, 3.63) is 53.3 Å². The van der Waals surface area contributed by atoms with Gasteiger partial charge in [-0.3, -0.25) is 10.1 Å². The quantitative estimate of drug-likeness (QED) is 0.324. The molecule has 1 aromatic carbocycles. The Morgan fingerprint density at radius 1 is 1.39 bits per heavy atom. The van der Waals surface area contributed by atoms with Crippen LogP contribution in [0.25, 0.3) is 0 Å². The standard InChI is InChI=1S/C10H10N2O3.C5H9O2.Li/c1-8(13)11-7-6-9-2-4-10(5-3-9)12(14)15;1-5(2,3)7-4-6;/h2-6H,1,7H2,(H,11,13);1-3H3;/q-2;-1;+1. The average Bonchev–Trinajstić information content (AvgIpc) is 2.38. The van der Waals surface area contributed by atoms with Gasteiger partial charge in [0.15, 0.2) is 0 Å². The fourth-order valence-electron chi connectivity index (χ4n) is 1.14. The number of carbonyl (C=O) groups is 1. The van der Waals surface area contributed by atoms with Gasteiger partial charge in [-0.1, -0.05) is 6.47 Å². The number of ether oxygens (including phenoxy) is 1. The number of rotatable bonds is 5. The van der Waals surface area contributed by atoms with Crippen molar-refractivity contribution in [1.82, 2.24) is 5.32 Å². The van der Waals surface area contributed by atoms with E-state index in [1.807, 2.05) is 0 Å². The van der Waals surface area contributed by atoms with E-state index < -0.39 is 4.92 Å². The van der Waals surface area contributed by atoms with Crippen molar-refractivity contribution in [3.63, 3.8) is 0 Å². The van der Waals surface area contributed by atoms with E-state index in [0.29, 0.717) is 6.54 Å². The predicted molar refractivity (Wildman–Crippen MR) is 81.4 cm³/mol. The second-order valence-corrected chi connectivity index (χ2v) is 5.15. The first-order chi connectivity index (χ1) is 10.2. The summed E-state index contributed by atoms with van der Waals surface area (Å²) in [6, 6.07) is 6.07. The second-order valence-electron chi connectivity index (χ2n) is 5.15. The minimum absolute atomic E-state index is 0. The summed E-state index contributed by atoms with van der Waals surface area (Å²) in [6.45, 7) is 10.2. The first kappa shape index (κ1) is 23.2. The van der Waals surface area contributed by atoms with Crippen LogP contribution in [-0.2, 0) is 14.3 Å². The summed E-state index contributed by atoms with van der Waals surface area (Å²) in [7, 11) is 0. The molecule has 1 amide bonds. The molecule has 23 heavy (non-hydrogen) atoms. The molecule has 0 aliphatic heterocycles. The second kappa shape index (κ2) is 11.5. The Bertz CT molecular complexity index is 498. The molecule has 0 saturated carbocycles. The number of amides is 1. The van der Waals surface area contributed by atoms with Crippen LogP contribution in [0.2, 0.25) is 0 Å². The molecule has 1 rings (SSSR count). The molecule has 0 fully saturated rings. The topological polar surface area (TPSA) is 98.5 Å². The summed E-state index contributed by atoms with van der Waals surface area (Å²) in [5.41, 5.74) is 0.490. The Kier molecular flexibility index (Phi) is 11.5. The van der Waals surface area contributed by atoms with Gasteiger partial charge in [-0.05, 0) is 39.4 Å². The number of hydrogen-bond donors (Lipinski definition) is 1. The van der Waals surface area contributed by atoms with E-state index in [1.54, 1.807) is 39.3 Å². The molecule has 0 unspecified atom stereocenters. The van der Waals surface area contributed by atoms with Gasteiger partial charge in [-0.15, -0.1) is 0 Å². The first-order valence-corrected chi connectivity index (χ1v) is 6.38. The summed E-state index contributed by atoms with van der Waals surface area (Å²) in [5.74, 6) is -0.354. The Morgan fingerprint density at radius 3 is 2.22 bits per heavy atom. The van der Waals surface area contributed by atoms with Crippen LogP contribution in [-0.4, -0.2) is 29.4 Å². The first-order valence-electron chi connectivity index (χ1n) is 6.38. The molecule has 0 atom stereocenters. The predicted octanol–water partition coefficient (Wildman–Crippen LogP) is -1.03. The molecule has 7 nitrogen and oxygen atoms in total. The van der Waals surface area contributed by atoms with Crippen molar-refractivity contribution in [1.29, 1.82) is 0 Å². The van der Waals surface area contributed by atoms with Crippen LogP contribution in [0.3, 0.4) is 0 Å². The van der Waals surface area contributed by atoms with E-state index in [1.165, 1.54) is 18.6 Å². The number of nitrogens with zero attached hydrogens (tertiary/aromatic N) is 1. The van der Waals surface area contributed by atoms with Crippen LogP contribution in [0.5, 0.6) is 0 Å². The SMILES string of the molecule is CC(C)(C)O[C-]=O.[CH2-]C(=O)NC[CH-]c1ccc([N+](=O)[O-])cc1.[Li+]. The zero-order valence-electron chi connectivity index (χ0n) is 13.8. The number of hydrogen-bond acceptors (Lipinski definition) is 5. The van der Waals surface area contributed by atoms with Crippen LogP contribution in [0.4, 0.5) is 5.69 Å². The van der Waals surface area contributed by atoms with Crippen molar-refractivity contribution in [2.45, 2.75) is 26.4 Å². The van der Waals surface area contributed by atoms with E-state index in [4.69, 9.17) is 0 Å². The third-order valence-corrected chi connectivity index (χ3v) is 2.09. The molecule has 0 saturated heterocycles. The minimum atomic E-state index is -0.457. The molecule has 0 aromatic heterocycles. The monoisotopic (exact) mass is 314 g/mol. The van der Waals surface area contributed by atoms with Gasteiger partial charge in [0.25, 0.3) is 0 Å². The average molecular weight is 314 g/mol. The molecule has 0 aliphatic rings. The van der Waals surface area contributed by atoms with Gasteiger partial charge in [-0.2, -0.15) is 24.1 Å². The molecular formula is C15H19LiN2O5-2. The van der Waals surface area contributed by atoms with Gasteiger partial charge in [-0.25, -0.2) is 0 Å². The molecule has 0 aliphatic carbocycles. The van der Waals surface area contributed by atoms with E-state index >= 15 is 0 Å². The van der Waals surface area contributed by atoms with Crippen molar-refractivity contribution in [2.75, 3.05) is 6.54 Å². The summed E-state index contributed by atoms with van der Waals surface area (Å²) in [6.07, 6.45) is 1.74. The van der Waals surface area contributed by atoms with Gasteiger partial charge >= 0.3 is 18.9 Å². The maximum Gasteiger partial charge on any atom is 1.00 e. The molecule has 1 aromatic rings. The summed E-state index contributed by atoms with van der Waals surface area (Å²) >= 11 is 0. The Hall–Kier alpha value is -2.10. The van der Waals surface area contributed by atoms with Crippen molar-refractivity contribution < 1.29 is 38.1 Å². The zero-order chi connectivity index (χ0) is 17.2. The number of nitro groups is 1. The molecule has 0 spiro atoms. The van der Waals surface area contributed by atoms with Gasteiger partial charge in [0, 0.05) is 0 Å². The third kappa shape index (κ3) is 13.3. The van der Waals surface area contributed by atoms with Crippen molar-refractivity contribution >= 4 is 18.1 Å². The molecule has 0 radical (unpaired) electrons. The summed E-state index contributed by atoms with van der Waals surface area (Å²) in [4.78, 5) is 29.8. The maximum absolute atomic E-state index is 10.4. The van der Waals surface area contributed by atoms with E-state index in [2.05, 4.69) is 17.0 Å². The fourth-order valence-corrected chi connectivity index (χ4v) is 1.14. The molecule has 1 N–H and O–H groups in total. The minimum Gasteiger partial charge on any atom is -0.649 e.